The zero-order chi connectivity index (χ0) is 36.8. The SMILES string of the molecule is CC(=O)NCCCCCC(=O)NCc1ccccc1-c1ccc([C@H]2O[C@@H](CN3CCN(Cc4ccccc4)CC3)C[C@@H](c3ccc(CO)cc3)O2)cc1. The molecule has 0 aliphatic carbocycles. The number of rotatable bonds is 16. The van der Waals surface area contributed by atoms with Gasteiger partial charge < -0.3 is 25.2 Å². The van der Waals surface area contributed by atoms with Gasteiger partial charge in [0.15, 0.2) is 6.29 Å². The average Bonchev–Trinajstić information content (AvgIpc) is 3.19. The number of aliphatic hydroxyl groups excluding tert-OH is 1. The number of carbonyl (C=O) groups excluding carboxylic acids is 2. The Labute approximate surface area is 314 Å². The van der Waals surface area contributed by atoms with E-state index >= 15 is 0 Å². The number of nitrogens with one attached hydrogen (secondary N) is 2. The van der Waals surface area contributed by atoms with Gasteiger partial charge in [0.05, 0.1) is 18.8 Å². The van der Waals surface area contributed by atoms with Crippen molar-refractivity contribution in [1.82, 2.24) is 20.4 Å². The van der Waals surface area contributed by atoms with E-state index in [0.29, 0.717) is 19.5 Å². The number of carbonyl (C=O) groups is 2. The van der Waals surface area contributed by atoms with E-state index in [0.717, 1.165) is 98.3 Å². The van der Waals surface area contributed by atoms with E-state index in [9.17, 15) is 14.7 Å². The molecule has 9 heteroatoms. The number of ether oxygens (including phenoxy) is 2. The summed E-state index contributed by atoms with van der Waals surface area (Å²) in [6.07, 6.45) is 3.14. The summed E-state index contributed by atoms with van der Waals surface area (Å²) in [6.45, 7) is 8.52. The van der Waals surface area contributed by atoms with Crippen molar-refractivity contribution in [3.8, 4) is 11.1 Å². The van der Waals surface area contributed by atoms with Crippen molar-refractivity contribution in [2.24, 2.45) is 0 Å². The molecule has 0 aromatic heterocycles. The molecule has 2 aliphatic rings. The lowest BCUT2D eigenvalue weighted by molar-refractivity contribution is -0.253. The molecule has 3 atom stereocenters. The molecule has 2 fully saturated rings. The molecule has 4 aromatic carbocycles. The first-order chi connectivity index (χ1) is 25.9. The number of benzene rings is 4. The van der Waals surface area contributed by atoms with E-state index in [2.05, 4.69) is 99.3 Å². The first-order valence-electron chi connectivity index (χ1n) is 19.1. The second-order valence-corrected chi connectivity index (χ2v) is 14.3. The van der Waals surface area contributed by atoms with E-state index < -0.39 is 6.29 Å². The number of piperazine rings is 1. The van der Waals surface area contributed by atoms with Gasteiger partial charge in [-0.2, -0.15) is 0 Å². The van der Waals surface area contributed by atoms with Crippen molar-refractivity contribution < 1.29 is 24.2 Å². The zero-order valence-corrected chi connectivity index (χ0v) is 30.9. The molecular formula is C44H54N4O5. The van der Waals surface area contributed by atoms with Crippen LogP contribution in [0, 0.1) is 0 Å². The fourth-order valence-electron chi connectivity index (χ4n) is 7.20. The van der Waals surface area contributed by atoms with Crippen molar-refractivity contribution in [3.05, 3.63) is 131 Å². The van der Waals surface area contributed by atoms with Gasteiger partial charge >= 0.3 is 0 Å². The molecule has 0 unspecified atom stereocenters. The molecule has 0 saturated carbocycles. The van der Waals surface area contributed by atoms with Gasteiger partial charge in [0.25, 0.3) is 0 Å². The Morgan fingerprint density at radius 1 is 0.736 bits per heavy atom. The second-order valence-electron chi connectivity index (χ2n) is 14.3. The van der Waals surface area contributed by atoms with Crippen LogP contribution in [0.2, 0.25) is 0 Å². The van der Waals surface area contributed by atoms with Crippen LogP contribution in [0.5, 0.6) is 0 Å². The van der Waals surface area contributed by atoms with Crippen LogP contribution in [0.4, 0.5) is 0 Å². The quantitative estimate of drug-likeness (QED) is 0.113. The summed E-state index contributed by atoms with van der Waals surface area (Å²) in [5.41, 5.74) is 7.48. The van der Waals surface area contributed by atoms with Crippen molar-refractivity contribution in [1.29, 1.82) is 0 Å². The van der Waals surface area contributed by atoms with Crippen LogP contribution in [0.15, 0.2) is 103 Å². The zero-order valence-electron chi connectivity index (χ0n) is 30.9. The van der Waals surface area contributed by atoms with Gasteiger partial charge in [0.2, 0.25) is 11.8 Å². The van der Waals surface area contributed by atoms with Crippen LogP contribution in [-0.2, 0) is 38.8 Å². The first kappa shape index (κ1) is 38.3. The minimum atomic E-state index is -0.516. The third kappa shape index (κ3) is 11.6. The van der Waals surface area contributed by atoms with Crippen molar-refractivity contribution >= 4 is 11.8 Å². The van der Waals surface area contributed by atoms with Crippen molar-refractivity contribution in [2.45, 2.75) is 77.2 Å². The van der Waals surface area contributed by atoms with Gasteiger partial charge in [-0.1, -0.05) is 110 Å². The summed E-state index contributed by atoms with van der Waals surface area (Å²) in [4.78, 5) is 28.7. The summed E-state index contributed by atoms with van der Waals surface area (Å²) in [5.74, 6) is 0.0104. The lowest BCUT2D eigenvalue weighted by Crippen LogP contribution is -2.49. The number of amides is 2. The Hall–Kier alpha value is -4.38. The number of hydrogen-bond acceptors (Lipinski definition) is 7. The summed E-state index contributed by atoms with van der Waals surface area (Å²) in [7, 11) is 0. The van der Waals surface area contributed by atoms with Crippen LogP contribution in [0.1, 0.15) is 79.2 Å². The maximum absolute atomic E-state index is 12.6. The molecule has 2 aliphatic heterocycles. The number of nitrogens with zero attached hydrogens (tertiary/aromatic N) is 2. The van der Waals surface area contributed by atoms with Gasteiger partial charge in [-0.3, -0.25) is 19.4 Å². The lowest BCUT2D eigenvalue weighted by atomic mass is 9.97. The molecule has 2 heterocycles. The van der Waals surface area contributed by atoms with Gasteiger partial charge in [-0.05, 0) is 46.2 Å². The Morgan fingerprint density at radius 3 is 2.17 bits per heavy atom. The summed E-state index contributed by atoms with van der Waals surface area (Å²) < 4.78 is 13.4. The fourth-order valence-corrected chi connectivity index (χ4v) is 7.20. The predicted molar refractivity (Wildman–Crippen MR) is 207 cm³/mol. The standard InChI is InChI=1S/C44H54N4O5/c1-33(50)45-23-9-3-6-14-43(51)46-29-39-12-7-8-13-41(39)36-19-21-38(22-20-36)44-52-40(28-42(53-44)37-17-15-35(32-49)16-18-37)31-48-26-24-47(25-27-48)30-34-10-4-2-5-11-34/h2,4-5,7-8,10-13,15-22,40,42,44,49H,3,6,9,14,23-32H2,1H3,(H,45,50)(H,46,51)/t40-,42+,44+/m1/s1. The highest BCUT2D eigenvalue weighted by atomic mass is 16.7. The Kier molecular flexibility index (Phi) is 14.2. The third-order valence-corrected chi connectivity index (χ3v) is 10.2. The molecule has 0 bridgehead atoms. The highest BCUT2D eigenvalue weighted by Gasteiger charge is 2.34. The van der Waals surface area contributed by atoms with Crippen molar-refractivity contribution in [2.75, 3.05) is 39.3 Å². The molecular weight excluding hydrogens is 665 g/mol. The van der Waals surface area contributed by atoms with Gasteiger partial charge in [0.1, 0.15) is 0 Å². The fraction of sp³-hybridized carbons (Fsp3) is 0.409. The molecule has 2 saturated heterocycles. The van der Waals surface area contributed by atoms with E-state index in [1.54, 1.807) is 0 Å². The Balaban J connectivity index is 1.07. The summed E-state index contributed by atoms with van der Waals surface area (Å²) in [6, 6.07) is 35.3. The molecule has 53 heavy (non-hydrogen) atoms. The monoisotopic (exact) mass is 718 g/mol. The van der Waals surface area contributed by atoms with Crippen LogP contribution in [0.3, 0.4) is 0 Å². The van der Waals surface area contributed by atoms with E-state index in [-0.39, 0.29) is 30.6 Å². The van der Waals surface area contributed by atoms with Crippen LogP contribution in [-0.4, -0.2) is 72.1 Å². The smallest absolute Gasteiger partial charge is 0.220 e. The molecule has 280 valence electrons. The van der Waals surface area contributed by atoms with Crippen LogP contribution < -0.4 is 10.6 Å². The van der Waals surface area contributed by atoms with E-state index in [1.165, 1.54) is 12.5 Å². The summed E-state index contributed by atoms with van der Waals surface area (Å²) in [5, 5.41) is 15.5. The maximum atomic E-state index is 12.6. The molecule has 2 amide bonds. The normalized spacial score (nSPS) is 19.5. The number of hydrogen-bond donors (Lipinski definition) is 3. The Morgan fingerprint density at radius 2 is 1.43 bits per heavy atom. The molecule has 9 nitrogen and oxygen atoms in total. The highest BCUT2D eigenvalue weighted by Crippen LogP contribution is 2.39. The van der Waals surface area contributed by atoms with Gasteiger partial charge in [-0.25, -0.2) is 0 Å². The Bertz CT molecular complexity index is 1730. The van der Waals surface area contributed by atoms with Crippen LogP contribution >= 0.6 is 0 Å². The van der Waals surface area contributed by atoms with E-state index in [4.69, 9.17) is 9.47 Å². The molecule has 3 N–H and O–H groups in total. The van der Waals surface area contributed by atoms with Gasteiger partial charge in [0, 0.05) is 77.7 Å². The van der Waals surface area contributed by atoms with E-state index in [1.807, 2.05) is 24.3 Å². The minimum Gasteiger partial charge on any atom is -0.392 e. The topological polar surface area (TPSA) is 103 Å². The largest absolute Gasteiger partial charge is 0.392 e. The first-order valence-corrected chi connectivity index (χ1v) is 19.1. The molecule has 0 radical (unpaired) electrons. The molecule has 0 spiro atoms. The third-order valence-electron chi connectivity index (χ3n) is 10.2. The minimum absolute atomic E-state index is 0.00170. The molecule has 6 rings (SSSR count). The number of unbranched alkanes of at least 4 members (excludes halogenated alkanes) is 2. The average molecular weight is 719 g/mol. The van der Waals surface area contributed by atoms with Gasteiger partial charge in [-0.15, -0.1) is 0 Å². The van der Waals surface area contributed by atoms with Crippen molar-refractivity contribution in [3.63, 3.8) is 0 Å². The maximum Gasteiger partial charge on any atom is 0.220 e. The van der Waals surface area contributed by atoms with Crippen LogP contribution in [0.25, 0.3) is 11.1 Å². The number of aliphatic hydroxyl groups is 1. The molecule has 4 aromatic rings. The summed E-state index contributed by atoms with van der Waals surface area (Å²) >= 11 is 0. The highest BCUT2D eigenvalue weighted by molar-refractivity contribution is 5.76. The lowest BCUT2D eigenvalue weighted by Gasteiger charge is -2.40. The second kappa shape index (κ2) is 19.6. The predicted octanol–water partition coefficient (Wildman–Crippen LogP) is 6.52.